The summed E-state index contributed by atoms with van der Waals surface area (Å²) in [6.45, 7) is 4.06. The zero-order valence-electron chi connectivity index (χ0n) is 13.8. The molecule has 1 saturated heterocycles. The fourth-order valence-corrected chi connectivity index (χ4v) is 4.81. The molecule has 1 heterocycles. The Bertz CT molecular complexity index is 952. The number of ether oxygens (including phenoxy) is 1. The van der Waals surface area contributed by atoms with E-state index >= 15 is 0 Å². The lowest BCUT2D eigenvalue weighted by molar-refractivity contribution is -0.113. The number of carbonyl (C=O) groups excluding carboxylic acids is 2. The number of benzene rings is 2. The molecule has 0 unspecified atom stereocenters. The highest BCUT2D eigenvalue weighted by Crippen LogP contribution is 2.31. The summed E-state index contributed by atoms with van der Waals surface area (Å²) < 4.78 is 7.45. The van der Waals surface area contributed by atoms with Gasteiger partial charge in [0.25, 0.3) is 5.91 Å². The van der Waals surface area contributed by atoms with Gasteiger partial charge in [-0.05, 0) is 87.2 Å². The Morgan fingerprint density at radius 2 is 1.89 bits per heavy atom. The van der Waals surface area contributed by atoms with Crippen molar-refractivity contribution in [1.82, 2.24) is 5.32 Å². The molecule has 0 aliphatic carbocycles. The number of carbonyl (C=O) groups is 2. The summed E-state index contributed by atoms with van der Waals surface area (Å²) in [5, 5.41) is 3.06. The third-order valence-electron chi connectivity index (χ3n) is 3.62. The molecule has 8 heteroatoms. The first-order valence-corrected chi connectivity index (χ1v) is 10.3. The van der Waals surface area contributed by atoms with Crippen molar-refractivity contribution in [1.29, 1.82) is 0 Å². The van der Waals surface area contributed by atoms with Crippen LogP contribution >= 0.6 is 56.8 Å². The lowest BCUT2D eigenvalue weighted by Crippen LogP contribution is -2.30. The molecule has 1 fully saturated rings. The first kappa shape index (κ1) is 20.2. The van der Waals surface area contributed by atoms with Crippen molar-refractivity contribution < 1.29 is 14.3 Å². The van der Waals surface area contributed by atoms with E-state index in [0.717, 1.165) is 23.4 Å². The molecule has 0 spiro atoms. The van der Waals surface area contributed by atoms with Crippen molar-refractivity contribution in [3.05, 3.63) is 72.5 Å². The second-order valence-electron chi connectivity index (χ2n) is 5.52. The Balaban J connectivity index is 1.91. The van der Waals surface area contributed by atoms with Crippen molar-refractivity contribution in [2.24, 2.45) is 0 Å². The molecule has 5 nitrogen and oxygen atoms in total. The van der Waals surface area contributed by atoms with Gasteiger partial charge in [-0.25, -0.2) is 9.69 Å². The molecule has 3 amide bonds. The maximum Gasteiger partial charge on any atom is 0.333 e. The van der Waals surface area contributed by atoms with Crippen molar-refractivity contribution in [3.8, 4) is 5.75 Å². The Kier molecular flexibility index (Phi) is 6.43. The molecule has 138 valence electrons. The van der Waals surface area contributed by atoms with E-state index in [-0.39, 0.29) is 5.70 Å². The molecule has 3 rings (SSSR count). The smallest absolute Gasteiger partial charge is 0.333 e. The zero-order chi connectivity index (χ0) is 19.6. The highest BCUT2D eigenvalue weighted by molar-refractivity contribution is 14.1. The number of urea groups is 1. The van der Waals surface area contributed by atoms with Crippen molar-refractivity contribution in [2.75, 3.05) is 11.5 Å². The van der Waals surface area contributed by atoms with E-state index in [2.05, 4.69) is 57.1 Å². The van der Waals surface area contributed by atoms with E-state index in [1.54, 1.807) is 36.4 Å². The average molecular weight is 607 g/mol. The van der Waals surface area contributed by atoms with Gasteiger partial charge in [0.2, 0.25) is 0 Å². The monoisotopic (exact) mass is 606 g/mol. The van der Waals surface area contributed by atoms with Gasteiger partial charge in [-0.2, -0.15) is 0 Å². The highest BCUT2D eigenvalue weighted by atomic mass is 127. The van der Waals surface area contributed by atoms with Gasteiger partial charge >= 0.3 is 6.03 Å². The maximum absolute atomic E-state index is 12.7. The fraction of sp³-hybridized carbons (Fsp3) is 0.0526. The lowest BCUT2D eigenvalue weighted by atomic mass is 10.2. The molecular weight excluding hydrogens is 593 g/mol. The van der Waals surface area contributed by atoms with E-state index in [1.165, 1.54) is 0 Å². The van der Waals surface area contributed by atoms with Crippen LogP contribution in [-0.4, -0.2) is 18.5 Å². The summed E-state index contributed by atoms with van der Waals surface area (Å²) in [7, 11) is 0. The molecule has 1 aliphatic heterocycles. The molecule has 0 bridgehead atoms. The molecule has 0 saturated carbocycles. The Labute approximate surface area is 188 Å². The summed E-state index contributed by atoms with van der Waals surface area (Å²) in [5.41, 5.74) is 1.41. The minimum Gasteiger partial charge on any atom is -0.487 e. The van der Waals surface area contributed by atoms with E-state index in [1.807, 2.05) is 12.1 Å². The topological polar surface area (TPSA) is 58.6 Å². The Morgan fingerprint density at radius 1 is 1.19 bits per heavy atom. The lowest BCUT2D eigenvalue weighted by Gasteiger charge is -2.11. The predicted octanol–water partition coefficient (Wildman–Crippen LogP) is 5.21. The molecule has 1 N–H and O–H groups in total. The van der Waals surface area contributed by atoms with Crippen LogP contribution in [0.3, 0.4) is 0 Å². The summed E-state index contributed by atoms with van der Waals surface area (Å²) >= 11 is 10.3. The van der Waals surface area contributed by atoms with Gasteiger partial charge in [-0.3, -0.25) is 4.79 Å². The van der Waals surface area contributed by atoms with Gasteiger partial charge < -0.3 is 10.1 Å². The summed E-state index contributed by atoms with van der Waals surface area (Å²) in [4.78, 5) is 26.0. The number of nitrogens with zero attached hydrogens (tertiary/aromatic N) is 1. The van der Waals surface area contributed by atoms with Crippen LogP contribution in [0.25, 0.3) is 6.08 Å². The largest absolute Gasteiger partial charge is 0.487 e. The number of nitrogens with one attached hydrogen (secondary N) is 1. The van der Waals surface area contributed by atoms with E-state index < -0.39 is 11.9 Å². The second-order valence-corrected chi connectivity index (χ2v) is 8.28. The van der Waals surface area contributed by atoms with Crippen molar-refractivity contribution in [3.63, 3.8) is 0 Å². The maximum atomic E-state index is 12.7. The minimum absolute atomic E-state index is 0.200. The van der Waals surface area contributed by atoms with Gasteiger partial charge in [0, 0.05) is 5.02 Å². The van der Waals surface area contributed by atoms with Gasteiger partial charge in [0.1, 0.15) is 18.1 Å². The molecule has 27 heavy (non-hydrogen) atoms. The third-order valence-corrected chi connectivity index (χ3v) is 5.46. The first-order chi connectivity index (χ1) is 12.9. The Hall–Kier alpha value is -1.59. The third kappa shape index (κ3) is 4.46. The van der Waals surface area contributed by atoms with Crippen LogP contribution in [0.1, 0.15) is 5.56 Å². The van der Waals surface area contributed by atoms with Gasteiger partial charge in [0.15, 0.2) is 0 Å². The summed E-state index contributed by atoms with van der Waals surface area (Å²) in [5.74, 6) is 0.333. The summed E-state index contributed by atoms with van der Waals surface area (Å²) in [6, 6.07) is 9.85. The van der Waals surface area contributed by atoms with Crippen LogP contribution in [0.5, 0.6) is 5.75 Å². The zero-order valence-corrected chi connectivity index (χ0v) is 18.9. The molecule has 2 aromatic rings. The summed E-state index contributed by atoms with van der Waals surface area (Å²) in [6.07, 6.45) is 3.32. The first-order valence-electron chi connectivity index (χ1n) is 7.76. The minimum atomic E-state index is -0.510. The molecular formula is C19H13ClI2N2O3. The standard InChI is InChI=1S/C19H13ClI2N2O3/c1-2-6-27-17-14(21)7-11(8-15(17)22)9-16-18(25)24(19(26)23-16)13-5-3-4-12(20)10-13/h2-5,7-10H,1,6H2,(H,23,26)/b16-9+. The molecule has 1 aliphatic rings. The number of halogens is 3. The van der Waals surface area contributed by atoms with Crippen LogP contribution in [0, 0.1) is 7.14 Å². The SMILES string of the molecule is C=CCOc1c(I)cc(/C=C2/NC(=O)N(c3cccc(Cl)c3)C2=O)cc1I. The molecule has 0 aromatic heterocycles. The number of imide groups is 1. The van der Waals surface area contributed by atoms with Crippen molar-refractivity contribution in [2.45, 2.75) is 0 Å². The van der Waals surface area contributed by atoms with Crippen LogP contribution in [0.15, 0.2) is 54.8 Å². The van der Waals surface area contributed by atoms with Gasteiger partial charge in [-0.1, -0.05) is 30.3 Å². The highest BCUT2D eigenvalue weighted by Gasteiger charge is 2.35. The number of rotatable bonds is 5. The number of hydrogen-bond acceptors (Lipinski definition) is 3. The number of hydrogen-bond donors (Lipinski definition) is 1. The van der Waals surface area contributed by atoms with E-state index in [9.17, 15) is 9.59 Å². The normalized spacial score (nSPS) is 15.2. The van der Waals surface area contributed by atoms with Gasteiger partial charge in [0.05, 0.1) is 12.8 Å². The predicted molar refractivity (Wildman–Crippen MR) is 123 cm³/mol. The second kappa shape index (κ2) is 8.61. The number of amides is 3. The van der Waals surface area contributed by atoms with Crippen LogP contribution in [0.2, 0.25) is 5.02 Å². The van der Waals surface area contributed by atoms with Crippen LogP contribution < -0.4 is 15.0 Å². The molecule has 0 radical (unpaired) electrons. The van der Waals surface area contributed by atoms with Gasteiger partial charge in [-0.15, -0.1) is 0 Å². The van der Waals surface area contributed by atoms with Crippen LogP contribution in [-0.2, 0) is 4.79 Å². The molecule has 2 aromatic carbocycles. The van der Waals surface area contributed by atoms with E-state index in [0.29, 0.717) is 17.3 Å². The van der Waals surface area contributed by atoms with Crippen LogP contribution in [0.4, 0.5) is 10.5 Å². The number of anilines is 1. The molecule has 0 atom stereocenters. The fourth-order valence-electron chi connectivity index (χ4n) is 2.49. The Morgan fingerprint density at radius 3 is 2.52 bits per heavy atom. The van der Waals surface area contributed by atoms with Crippen molar-refractivity contribution >= 4 is 80.5 Å². The average Bonchev–Trinajstić information content (AvgIpc) is 2.88. The quantitative estimate of drug-likeness (QED) is 0.220. The van der Waals surface area contributed by atoms with E-state index in [4.69, 9.17) is 16.3 Å².